The summed E-state index contributed by atoms with van der Waals surface area (Å²) >= 11 is 0. The van der Waals surface area contributed by atoms with Gasteiger partial charge in [0.2, 0.25) is 0 Å². The lowest BCUT2D eigenvalue weighted by molar-refractivity contribution is -0.142. The van der Waals surface area contributed by atoms with Crippen molar-refractivity contribution in [1.29, 1.82) is 0 Å². The molecule has 1 fully saturated rings. The number of ketones is 1. The summed E-state index contributed by atoms with van der Waals surface area (Å²) in [6, 6.07) is 7.29. The Hall–Kier alpha value is -2.30. The van der Waals surface area contributed by atoms with E-state index in [-0.39, 0.29) is 29.7 Å². The third kappa shape index (κ3) is 3.61. The van der Waals surface area contributed by atoms with E-state index >= 15 is 0 Å². The van der Waals surface area contributed by atoms with Gasteiger partial charge in [-0.1, -0.05) is 12.1 Å². The van der Waals surface area contributed by atoms with E-state index in [4.69, 9.17) is 4.74 Å². The van der Waals surface area contributed by atoms with Crippen molar-refractivity contribution in [2.45, 2.75) is 38.8 Å². The first kappa shape index (κ1) is 18.0. The molecule has 130 valence electrons. The zero-order valence-corrected chi connectivity index (χ0v) is 15.3. The molecule has 24 heavy (non-hydrogen) atoms. The molecule has 0 saturated carbocycles. The monoisotopic (exact) mass is 330 g/mol. The van der Waals surface area contributed by atoms with Gasteiger partial charge in [-0.3, -0.25) is 9.59 Å². The summed E-state index contributed by atoms with van der Waals surface area (Å²) in [6.07, 6.45) is 1.91. The molecule has 1 aliphatic rings. The van der Waals surface area contributed by atoms with E-state index in [1.807, 2.05) is 64.0 Å². The number of piperidine rings is 1. The molecule has 0 aliphatic carbocycles. The fourth-order valence-electron chi connectivity index (χ4n) is 3.02. The number of rotatable bonds is 3. The van der Waals surface area contributed by atoms with Gasteiger partial charge in [0.1, 0.15) is 5.75 Å². The average Bonchev–Trinajstić information content (AvgIpc) is 2.49. The Labute approximate surface area is 143 Å². The standard InChI is InChI=1S/C19H26N2O3/c1-19(2,3)21-16(13-7-9-14(24-6)10-8-13)11-17(22)15(18(21)23)12-20(4)5/h7-10,12,16H,11H2,1-6H3/b15-12-/t16-/m1/s1. The van der Waals surface area contributed by atoms with E-state index in [0.717, 1.165) is 11.3 Å². The van der Waals surface area contributed by atoms with Crippen LogP contribution < -0.4 is 4.74 Å². The molecular formula is C19H26N2O3. The maximum absolute atomic E-state index is 13.0. The van der Waals surface area contributed by atoms with Gasteiger partial charge in [0, 0.05) is 32.3 Å². The molecule has 1 aromatic carbocycles. The number of benzene rings is 1. The van der Waals surface area contributed by atoms with Crippen LogP contribution in [0.3, 0.4) is 0 Å². The van der Waals surface area contributed by atoms with Gasteiger partial charge in [-0.2, -0.15) is 0 Å². The molecule has 5 nitrogen and oxygen atoms in total. The smallest absolute Gasteiger partial charge is 0.259 e. The highest BCUT2D eigenvalue weighted by atomic mass is 16.5. The van der Waals surface area contributed by atoms with E-state index in [1.165, 1.54) is 0 Å². The number of methoxy groups -OCH3 is 1. The highest BCUT2D eigenvalue weighted by Gasteiger charge is 2.42. The molecule has 0 unspecified atom stereocenters. The van der Waals surface area contributed by atoms with Crippen molar-refractivity contribution in [1.82, 2.24) is 9.80 Å². The summed E-state index contributed by atoms with van der Waals surface area (Å²) in [5, 5.41) is 0. The van der Waals surface area contributed by atoms with E-state index in [1.54, 1.807) is 18.2 Å². The summed E-state index contributed by atoms with van der Waals surface area (Å²) in [7, 11) is 5.23. The SMILES string of the molecule is COc1ccc([C@H]2CC(=O)/C(=C/N(C)C)C(=O)N2C(C)(C)C)cc1. The second-order valence-corrected chi connectivity index (χ2v) is 7.27. The Morgan fingerprint density at radius 2 is 1.75 bits per heavy atom. The van der Waals surface area contributed by atoms with Crippen molar-refractivity contribution in [3.63, 3.8) is 0 Å². The molecule has 1 heterocycles. The fraction of sp³-hybridized carbons (Fsp3) is 0.474. The van der Waals surface area contributed by atoms with Gasteiger partial charge in [0.05, 0.1) is 18.7 Å². The van der Waals surface area contributed by atoms with Crippen molar-refractivity contribution in [2.75, 3.05) is 21.2 Å². The molecule has 0 aromatic heterocycles. The van der Waals surface area contributed by atoms with Gasteiger partial charge < -0.3 is 14.5 Å². The zero-order valence-electron chi connectivity index (χ0n) is 15.3. The Morgan fingerprint density at radius 3 is 2.21 bits per heavy atom. The van der Waals surface area contributed by atoms with Crippen molar-refractivity contribution in [3.05, 3.63) is 41.6 Å². The van der Waals surface area contributed by atoms with Gasteiger partial charge in [0.15, 0.2) is 5.78 Å². The molecule has 2 rings (SSSR count). The summed E-state index contributed by atoms with van der Waals surface area (Å²) in [5.74, 6) is 0.422. The molecule has 1 atom stereocenters. The number of ether oxygens (including phenoxy) is 1. The van der Waals surface area contributed by atoms with E-state index in [2.05, 4.69) is 0 Å². The number of hydrogen-bond donors (Lipinski definition) is 0. The Bertz CT molecular complexity index is 654. The molecule has 5 heteroatoms. The van der Waals surface area contributed by atoms with E-state index in [0.29, 0.717) is 0 Å². The lowest BCUT2D eigenvalue weighted by atomic mass is 9.87. The first-order valence-electron chi connectivity index (χ1n) is 8.04. The minimum absolute atomic E-state index is 0.116. The number of amides is 1. The third-order valence-electron chi connectivity index (χ3n) is 4.05. The number of carbonyl (C=O) groups is 2. The van der Waals surface area contributed by atoms with Crippen molar-refractivity contribution >= 4 is 11.7 Å². The summed E-state index contributed by atoms with van der Waals surface area (Å²) in [4.78, 5) is 29.1. The highest BCUT2D eigenvalue weighted by Crippen LogP contribution is 2.37. The molecule has 1 aromatic rings. The van der Waals surface area contributed by atoms with Gasteiger partial charge in [-0.15, -0.1) is 0 Å². The van der Waals surface area contributed by atoms with Crippen LogP contribution in [0.25, 0.3) is 0 Å². The van der Waals surface area contributed by atoms with Crippen molar-refractivity contribution in [2.24, 2.45) is 0 Å². The maximum atomic E-state index is 13.0. The molecule has 0 spiro atoms. The second kappa shape index (κ2) is 6.67. The molecule has 1 amide bonds. The van der Waals surface area contributed by atoms with Gasteiger partial charge in [-0.05, 0) is 38.5 Å². The quantitative estimate of drug-likeness (QED) is 0.632. The first-order valence-corrected chi connectivity index (χ1v) is 8.04. The van der Waals surface area contributed by atoms with Gasteiger partial charge in [0.25, 0.3) is 5.91 Å². The average molecular weight is 330 g/mol. The molecule has 0 N–H and O–H groups in total. The highest BCUT2D eigenvalue weighted by molar-refractivity contribution is 6.21. The Morgan fingerprint density at radius 1 is 1.17 bits per heavy atom. The maximum Gasteiger partial charge on any atom is 0.259 e. The number of likely N-dealkylation sites (tertiary alicyclic amines) is 1. The number of nitrogens with zero attached hydrogens (tertiary/aromatic N) is 2. The van der Waals surface area contributed by atoms with Crippen LogP contribution in [0.2, 0.25) is 0 Å². The van der Waals surface area contributed by atoms with Crippen LogP contribution in [0.4, 0.5) is 0 Å². The van der Waals surface area contributed by atoms with E-state index < -0.39 is 5.54 Å². The van der Waals surface area contributed by atoms with Crippen LogP contribution in [0.1, 0.15) is 38.8 Å². The van der Waals surface area contributed by atoms with Gasteiger partial charge >= 0.3 is 0 Å². The first-order chi connectivity index (χ1) is 11.1. The minimum atomic E-state index is -0.395. The fourth-order valence-corrected chi connectivity index (χ4v) is 3.02. The summed E-state index contributed by atoms with van der Waals surface area (Å²) in [6.45, 7) is 5.97. The molecule has 1 aliphatic heterocycles. The minimum Gasteiger partial charge on any atom is -0.497 e. The Kier molecular flexibility index (Phi) is 5.02. The topological polar surface area (TPSA) is 49.9 Å². The Balaban J connectivity index is 2.47. The number of Topliss-reactive ketones (excluding diaryl/α,β-unsaturated/α-hetero) is 1. The third-order valence-corrected chi connectivity index (χ3v) is 4.05. The summed E-state index contributed by atoms with van der Waals surface area (Å²) in [5.41, 5.74) is 0.796. The summed E-state index contributed by atoms with van der Waals surface area (Å²) < 4.78 is 5.19. The second-order valence-electron chi connectivity index (χ2n) is 7.27. The lowest BCUT2D eigenvalue weighted by Gasteiger charge is -2.45. The normalized spacial score (nSPS) is 20.5. The molecule has 1 saturated heterocycles. The van der Waals surface area contributed by atoms with E-state index in [9.17, 15) is 9.59 Å². The number of hydrogen-bond acceptors (Lipinski definition) is 4. The predicted octanol–water partition coefficient (Wildman–Crippen LogP) is 2.78. The zero-order chi connectivity index (χ0) is 18.1. The van der Waals surface area contributed by atoms with Crippen molar-refractivity contribution in [3.8, 4) is 5.75 Å². The van der Waals surface area contributed by atoms with Crippen LogP contribution in [-0.4, -0.2) is 48.2 Å². The van der Waals surface area contributed by atoms with Crippen molar-refractivity contribution < 1.29 is 14.3 Å². The van der Waals surface area contributed by atoms with Crippen LogP contribution >= 0.6 is 0 Å². The lowest BCUT2D eigenvalue weighted by Crippen LogP contribution is -2.52. The molecular weight excluding hydrogens is 304 g/mol. The van der Waals surface area contributed by atoms with Crippen LogP contribution in [0.15, 0.2) is 36.0 Å². The van der Waals surface area contributed by atoms with Crippen LogP contribution in [0.5, 0.6) is 5.75 Å². The van der Waals surface area contributed by atoms with Gasteiger partial charge in [-0.25, -0.2) is 0 Å². The van der Waals surface area contributed by atoms with Crippen LogP contribution in [-0.2, 0) is 9.59 Å². The largest absolute Gasteiger partial charge is 0.497 e. The molecule has 0 radical (unpaired) electrons. The number of carbonyl (C=O) groups excluding carboxylic acids is 2. The van der Waals surface area contributed by atoms with Crippen LogP contribution in [0, 0.1) is 0 Å². The molecule has 0 bridgehead atoms. The predicted molar refractivity (Wildman–Crippen MR) is 93.7 cm³/mol.